The van der Waals surface area contributed by atoms with Crippen LogP contribution in [0.4, 0.5) is 0 Å². The Labute approximate surface area is 139 Å². The standard InChI is InChI=1S/C20H44Si/c1-16(12-21)11-18(5,6)14-20(9,10)15-19(7,8)13-17(2,3)4/h16H,11-15H2,1-10,21H3. The Morgan fingerprint density at radius 3 is 1.43 bits per heavy atom. The Morgan fingerprint density at radius 1 is 0.667 bits per heavy atom. The van der Waals surface area contributed by atoms with Crippen molar-refractivity contribution in [2.24, 2.45) is 27.6 Å². The molecule has 0 nitrogen and oxygen atoms in total. The van der Waals surface area contributed by atoms with Gasteiger partial charge in [0.1, 0.15) is 0 Å². The van der Waals surface area contributed by atoms with Crippen LogP contribution in [0.2, 0.25) is 6.04 Å². The molecule has 0 rings (SSSR count). The van der Waals surface area contributed by atoms with E-state index in [1.54, 1.807) is 0 Å². The van der Waals surface area contributed by atoms with Gasteiger partial charge in [-0.25, -0.2) is 0 Å². The summed E-state index contributed by atoms with van der Waals surface area (Å²) in [5.41, 5.74) is 1.77. The lowest BCUT2D eigenvalue weighted by Crippen LogP contribution is -2.31. The van der Waals surface area contributed by atoms with Crippen molar-refractivity contribution in [2.75, 3.05) is 0 Å². The molecular formula is C20H44Si. The molecule has 0 saturated carbocycles. The predicted molar refractivity (Wildman–Crippen MR) is 103 cm³/mol. The smallest absolute Gasteiger partial charge is 0.00313 e. The monoisotopic (exact) mass is 312 g/mol. The molecule has 128 valence electrons. The second-order valence-electron chi connectivity index (χ2n) is 11.3. The summed E-state index contributed by atoms with van der Waals surface area (Å²) in [5.74, 6) is 0.907. The molecule has 0 aliphatic heterocycles. The first-order valence-electron chi connectivity index (χ1n) is 9.08. The van der Waals surface area contributed by atoms with E-state index >= 15 is 0 Å². The van der Waals surface area contributed by atoms with Gasteiger partial charge in [0.2, 0.25) is 0 Å². The molecule has 1 unspecified atom stereocenters. The fraction of sp³-hybridized carbons (Fsp3) is 1.00. The van der Waals surface area contributed by atoms with Crippen molar-refractivity contribution in [1.82, 2.24) is 0 Å². The van der Waals surface area contributed by atoms with E-state index < -0.39 is 0 Å². The van der Waals surface area contributed by atoms with E-state index in [0.29, 0.717) is 21.7 Å². The highest BCUT2D eigenvalue weighted by atomic mass is 28.1. The van der Waals surface area contributed by atoms with E-state index in [-0.39, 0.29) is 0 Å². The van der Waals surface area contributed by atoms with E-state index in [1.807, 2.05) is 0 Å². The molecule has 0 heterocycles. The molecule has 0 aromatic rings. The Morgan fingerprint density at radius 2 is 1.05 bits per heavy atom. The Balaban J connectivity index is 4.75. The normalized spacial score (nSPS) is 16.3. The van der Waals surface area contributed by atoms with Gasteiger partial charge in [0, 0.05) is 10.2 Å². The highest BCUT2D eigenvalue weighted by molar-refractivity contribution is 6.08. The molecule has 0 bridgehead atoms. The van der Waals surface area contributed by atoms with Gasteiger partial charge in [0.15, 0.2) is 0 Å². The molecule has 0 saturated heterocycles. The molecule has 1 atom stereocenters. The van der Waals surface area contributed by atoms with Crippen molar-refractivity contribution < 1.29 is 0 Å². The van der Waals surface area contributed by atoms with Gasteiger partial charge in [0.25, 0.3) is 0 Å². The summed E-state index contributed by atoms with van der Waals surface area (Å²) >= 11 is 0. The van der Waals surface area contributed by atoms with Gasteiger partial charge in [0.05, 0.1) is 0 Å². The SMILES string of the molecule is CC(C[SiH3])CC(C)(C)CC(C)(C)CC(C)(C)CC(C)(C)C. The van der Waals surface area contributed by atoms with E-state index in [9.17, 15) is 0 Å². The van der Waals surface area contributed by atoms with Crippen LogP contribution < -0.4 is 0 Å². The fourth-order valence-corrected chi connectivity index (χ4v) is 5.60. The highest BCUT2D eigenvalue weighted by Gasteiger charge is 2.36. The van der Waals surface area contributed by atoms with Crippen molar-refractivity contribution >= 4 is 10.2 Å². The lowest BCUT2D eigenvalue weighted by molar-refractivity contribution is 0.0862. The Hall–Kier alpha value is 0.217. The van der Waals surface area contributed by atoms with Crippen LogP contribution in [0.1, 0.15) is 94.9 Å². The van der Waals surface area contributed by atoms with E-state index in [4.69, 9.17) is 0 Å². The van der Waals surface area contributed by atoms with Gasteiger partial charge >= 0.3 is 0 Å². The summed E-state index contributed by atoms with van der Waals surface area (Å²) in [4.78, 5) is 0. The molecule has 0 spiro atoms. The lowest BCUT2D eigenvalue weighted by atomic mass is 9.63. The molecule has 0 aliphatic carbocycles. The second kappa shape index (κ2) is 7.19. The summed E-state index contributed by atoms with van der Waals surface area (Å²) in [7, 11) is 1.35. The van der Waals surface area contributed by atoms with Gasteiger partial charge in [-0.15, -0.1) is 0 Å². The predicted octanol–water partition coefficient (Wildman–Crippen LogP) is 6.09. The maximum atomic E-state index is 2.49. The second-order valence-corrected chi connectivity index (χ2v) is 12.1. The maximum Gasteiger partial charge on any atom is 0.00313 e. The molecule has 1 heteroatoms. The zero-order valence-corrected chi connectivity index (χ0v) is 19.1. The average molecular weight is 313 g/mol. The zero-order chi connectivity index (χ0) is 17.1. The molecule has 0 N–H and O–H groups in total. The van der Waals surface area contributed by atoms with Gasteiger partial charge < -0.3 is 0 Å². The lowest BCUT2D eigenvalue weighted by Gasteiger charge is -2.43. The van der Waals surface area contributed by atoms with Crippen LogP contribution in [0.25, 0.3) is 0 Å². The minimum atomic E-state index is 0.427. The van der Waals surface area contributed by atoms with Crippen LogP contribution in [-0.4, -0.2) is 10.2 Å². The minimum absolute atomic E-state index is 0.427. The Kier molecular flexibility index (Phi) is 7.27. The molecule has 21 heavy (non-hydrogen) atoms. The summed E-state index contributed by atoms with van der Waals surface area (Å²) in [5, 5.41) is 0. The summed E-state index contributed by atoms with van der Waals surface area (Å²) < 4.78 is 0. The van der Waals surface area contributed by atoms with E-state index in [2.05, 4.69) is 69.2 Å². The molecule has 0 aliphatic rings. The van der Waals surface area contributed by atoms with Crippen molar-refractivity contribution in [2.45, 2.75) is 101 Å². The van der Waals surface area contributed by atoms with Crippen LogP contribution in [0.15, 0.2) is 0 Å². The van der Waals surface area contributed by atoms with Crippen LogP contribution in [0.5, 0.6) is 0 Å². The van der Waals surface area contributed by atoms with Crippen molar-refractivity contribution in [3.8, 4) is 0 Å². The number of hydrogen-bond acceptors (Lipinski definition) is 0. The number of hydrogen-bond donors (Lipinski definition) is 0. The first-order valence-corrected chi connectivity index (χ1v) is 10.5. The molecular weight excluding hydrogens is 268 g/mol. The zero-order valence-electron chi connectivity index (χ0n) is 17.1. The third-order valence-corrected chi connectivity index (χ3v) is 5.91. The van der Waals surface area contributed by atoms with E-state index in [0.717, 1.165) is 5.92 Å². The number of rotatable bonds is 8. The summed E-state index contributed by atoms with van der Waals surface area (Å²) in [6.45, 7) is 24.4. The summed E-state index contributed by atoms with van der Waals surface area (Å²) in [6, 6.07) is 1.44. The van der Waals surface area contributed by atoms with Crippen molar-refractivity contribution in [1.29, 1.82) is 0 Å². The van der Waals surface area contributed by atoms with Crippen molar-refractivity contribution in [3.05, 3.63) is 0 Å². The van der Waals surface area contributed by atoms with Crippen LogP contribution in [-0.2, 0) is 0 Å². The van der Waals surface area contributed by atoms with Crippen LogP contribution in [0.3, 0.4) is 0 Å². The molecule has 0 aromatic heterocycles. The van der Waals surface area contributed by atoms with E-state index in [1.165, 1.54) is 42.0 Å². The third-order valence-electron chi connectivity index (χ3n) is 4.52. The first-order chi connectivity index (χ1) is 9.08. The molecule has 0 fully saturated rings. The minimum Gasteiger partial charge on any atom is -0.0633 e. The topological polar surface area (TPSA) is 0 Å². The van der Waals surface area contributed by atoms with Gasteiger partial charge in [-0.05, 0) is 53.3 Å². The third kappa shape index (κ3) is 10.6. The van der Waals surface area contributed by atoms with Gasteiger partial charge in [-0.2, -0.15) is 0 Å². The average Bonchev–Trinajstić information content (AvgIpc) is 2.07. The maximum absolute atomic E-state index is 2.49. The summed E-state index contributed by atoms with van der Waals surface area (Å²) in [6.07, 6.45) is 5.37. The van der Waals surface area contributed by atoms with Crippen molar-refractivity contribution in [3.63, 3.8) is 0 Å². The largest absolute Gasteiger partial charge is 0.0633 e. The molecule has 0 aromatic carbocycles. The first kappa shape index (κ1) is 21.2. The highest BCUT2D eigenvalue weighted by Crippen LogP contribution is 2.47. The van der Waals surface area contributed by atoms with Crippen LogP contribution >= 0.6 is 0 Å². The fourth-order valence-electron chi connectivity index (χ4n) is 5.31. The quantitative estimate of drug-likeness (QED) is 0.476. The Bertz CT molecular complexity index is 304. The molecule has 0 amide bonds. The van der Waals surface area contributed by atoms with Gasteiger partial charge in [-0.1, -0.05) is 75.3 Å². The molecule has 0 radical (unpaired) electrons. The van der Waals surface area contributed by atoms with Crippen LogP contribution in [0, 0.1) is 27.6 Å². The van der Waals surface area contributed by atoms with Gasteiger partial charge in [-0.3, -0.25) is 0 Å².